The average Bonchev–Trinajstić information content (AvgIpc) is 2.39. The number of rotatable bonds is 9. The summed E-state index contributed by atoms with van der Waals surface area (Å²) in [5.41, 5.74) is -2.02. The number of hydrogen-bond acceptors (Lipinski definition) is 4. The van der Waals surface area contributed by atoms with E-state index in [2.05, 4.69) is 17.0 Å². The zero-order valence-corrected chi connectivity index (χ0v) is 15.5. The van der Waals surface area contributed by atoms with Gasteiger partial charge >= 0.3 is 0 Å². The predicted molar refractivity (Wildman–Crippen MR) is 96.4 cm³/mol. The maximum Gasteiger partial charge on any atom is 0.211 e. The number of nitrogens with zero attached hydrogens (tertiary/aromatic N) is 1. The smallest absolute Gasteiger partial charge is 0.211 e. The van der Waals surface area contributed by atoms with Crippen LogP contribution < -0.4 is 5.09 Å². The summed E-state index contributed by atoms with van der Waals surface area (Å²) in [6.07, 6.45) is 10.8. The van der Waals surface area contributed by atoms with E-state index in [-0.39, 0.29) is 6.10 Å². The molecular formula is C14H29N2OPS2. The third kappa shape index (κ3) is 8.02. The molecule has 1 aliphatic rings. The first-order valence-electron chi connectivity index (χ1n) is 7.78. The van der Waals surface area contributed by atoms with Gasteiger partial charge in [-0.1, -0.05) is 44.0 Å². The van der Waals surface area contributed by atoms with Gasteiger partial charge in [0, 0.05) is 5.75 Å². The normalized spacial score (nSPS) is 20.4. The van der Waals surface area contributed by atoms with Gasteiger partial charge in [-0.3, -0.25) is 4.99 Å². The van der Waals surface area contributed by atoms with Gasteiger partial charge in [-0.25, -0.2) is 0 Å². The monoisotopic (exact) mass is 336 g/mol. The van der Waals surface area contributed by atoms with E-state index in [4.69, 9.17) is 16.3 Å². The number of hydrogen-bond donors (Lipinski definition) is 1. The van der Waals surface area contributed by atoms with Crippen LogP contribution in [-0.4, -0.2) is 24.2 Å². The highest BCUT2D eigenvalue weighted by Crippen LogP contribution is 2.56. The van der Waals surface area contributed by atoms with Crippen molar-refractivity contribution in [2.45, 2.75) is 77.9 Å². The van der Waals surface area contributed by atoms with Gasteiger partial charge in [-0.2, -0.15) is 0 Å². The molecule has 0 bridgehead atoms. The Labute approximate surface area is 133 Å². The summed E-state index contributed by atoms with van der Waals surface area (Å²) < 4.78 is 5.96. The van der Waals surface area contributed by atoms with Crippen molar-refractivity contribution >= 4 is 35.1 Å². The van der Waals surface area contributed by atoms with E-state index in [1.165, 1.54) is 44.9 Å². The Hall–Kier alpha value is 0.430. The van der Waals surface area contributed by atoms with Crippen LogP contribution in [0.4, 0.5) is 0 Å². The van der Waals surface area contributed by atoms with E-state index in [1.54, 1.807) is 11.4 Å². The molecule has 118 valence electrons. The topological polar surface area (TPSA) is 33.6 Å². The van der Waals surface area contributed by atoms with Crippen LogP contribution in [0, 0.1) is 0 Å². The molecule has 1 rings (SSSR count). The van der Waals surface area contributed by atoms with Crippen molar-refractivity contribution in [3.05, 3.63) is 0 Å². The van der Waals surface area contributed by atoms with Crippen molar-refractivity contribution in [3.63, 3.8) is 0 Å². The Kier molecular flexibility index (Phi) is 9.43. The molecule has 0 aromatic rings. The molecule has 0 heterocycles. The molecule has 0 aromatic carbocycles. The molecule has 20 heavy (non-hydrogen) atoms. The molecule has 0 spiro atoms. The summed E-state index contributed by atoms with van der Waals surface area (Å²) in [6.45, 7) is 6.29. The standard InChI is InChI=1S/C14H29N2OPS2/c1-4-5-11-20-18(19,17-13(2)3)16-12-15-14-9-7-6-8-10-14/h12-14H,4-11H2,1-3H3,(H,15,16,19). The van der Waals surface area contributed by atoms with Crippen LogP contribution in [0.2, 0.25) is 0 Å². The van der Waals surface area contributed by atoms with Crippen molar-refractivity contribution < 1.29 is 4.52 Å². The van der Waals surface area contributed by atoms with Crippen LogP contribution in [0.15, 0.2) is 4.99 Å². The minimum absolute atomic E-state index is 0.158. The zero-order valence-electron chi connectivity index (χ0n) is 13.0. The van der Waals surface area contributed by atoms with Gasteiger partial charge in [0.1, 0.15) is 0 Å². The summed E-state index contributed by atoms with van der Waals surface area (Å²) >= 11 is 7.47. The van der Waals surface area contributed by atoms with Gasteiger partial charge < -0.3 is 9.61 Å². The second-order valence-corrected chi connectivity index (χ2v) is 12.2. The molecule has 0 radical (unpaired) electrons. The Bertz CT molecular complexity index is 331. The SMILES string of the molecule is CCCCSP(=S)(NC=NC1CCCCC1)OC(C)C. The number of nitrogens with one attached hydrogen (secondary N) is 1. The fourth-order valence-corrected chi connectivity index (χ4v) is 7.26. The summed E-state index contributed by atoms with van der Waals surface area (Å²) in [7, 11) is 0. The van der Waals surface area contributed by atoms with Crippen LogP contribution in [0.1, 0.15) is 65.7 Å². The van der Waals surface area contributed by atoms with Gasteiger partial charge in [0.05, 0.1) is 18.5 Å². The lowest BCUT2D eigenvalue weighted by Crippen LogP contribution is -2.15. The predicted octanol–water partition coefficient (Wildman–Crippen LogP) is 5.12. The molecule has 1 saturated carbocycles. The van der Waals surface area contributed by atoms with E-state index < -0.39 is 5.62 Å². The van der Waals surface area contributed by atoms with Crippen molar-refractivity contribution in [3.8, 4) is 0 Å². The fraction of sp³-hybridized carbons (Fsp3) is 0.929. The third-order valence-corrected chi connectivity index (χ3v) is 8.79. The quantitative estimate of drug-likeness (QED) is 0.274. The molecule has 0 aromatic heterocycles. The van der Waals surface area contributed by atoms with Crippen LogP contribution in [0.25, 0.3) is 0 Å². The minimum atomic E-state index is -2.02. The van der Waals surface area contributed by atoms with E-state index in [1.807, 2.05) is 20.2 Å². The summed E-state index contributed by atoms with van der Waals surface area (Å²) in [6, 6.07) is 0.486. The van der Waals surface area contributed by atoms with Crippen LogP contribution in [0.5, 0.6) is 0 Å². The zero-order chi connectivity index (χ0) is 14.8. The fourth-order valence-electron chi connectivity index (χ4n) is 2.14. The van der Waals surface area contributed by atoms with Crippen molar-refractivity contribution in [1.82, 2.24) is 5.09 Å². The molecule has 1 N–H and O–H groups in total. The largest absolute Gasteiger partial charge is 0.324 e. The molecule has 1 aliphatic carbocycles. The molecular weight excluding hydrogens is 307 g/mol. The molecule has 6 heteroatoms. The van der Waals surface area contributed by atoms with Crippen molar-refractivity contribution in [2.24, 2.45) is 4.99 Å². The van der Waals surface area contributed by atoms with Crippen LogP contribution >= 0.6 is 17.0 Å². The molecule has 1 unspecified atom stereocenters. The first-order chi connectivity index (χ1) is 9.56. The molecule has 1 fully saturated rings. The van der Waals surface area contributed by atoms with E-state index in [0.717, 1.165) is 5.75 Å². The van der Waals surface area contributed by atoms with Gasteiger partial charge in [0.2, 0.25) is 5.62 Å². The van der Waals surface area contributed by atoms with Crippen molar-refractivity contribution in [1.29, 1.82) is 0 Å². The Balaban J connectivity index is 2.45. The summed E-state index contributed by atoms with van der Waals surface area (Å²) in [4.78, 5) is 4.64. The van der Waals surface area contributed by atoms with Gasteiger partial charge in [-0.05, 0) is 44.9 Å². The highest BCUT2D eigenvalue weighted by Gasteiger charge is 2.19. The number of aliphatic imine (C=N–C) groups is 1. The van der Waals surface area contributed by atoms with Crippen LogP contribution in [-0.2, 0) is 16.3 Å². The maximum atomic E-state index is 5.96. The van der Waals surface area contributed by atoms with Gasteiger partial charge in [0.15, 0.2) is 0 Å². The second kappa shape index (κ2) is 10.2. The molecule has 1 atom stereocenters. The second-order valence-electron chi connectivity index (χ2n) is 5.54. The van der Waals surface area contributed by atoms with E-state index >= 15 is 0 Å². The molecule has 0 amide bonds. The average molecular weight is 337 g/mol. The lowest BCUT2D eigenvalue weighted by molar-refractivity contribution is 0.274. The lowest BCUT2D eigenvalue weighted by Gasteiger charge is -2.24. The maximum absolute atomic E-state index is 5.96. The van der Waals surface area contributed by atoms with Crippen LogP contribution in [0.3, 0.4) is 0 Å². The first kappa shape index (κ1) is 18.5. The lowest BCUT2D eigenvalue weighted by atomic mass is 9.96. The van der Waals surface area contributed by atoms with Crippen molar-refractivity contribution in [2.75, 3.05) is 5.75 Å². The Morgan fingerprint density at radius 3 is 2.70 bits per heavy atom. The van der Waals surface area contributed by atoms with E-state index in [9.17, 15) is 0 Å². The molecule has 0 saturated heterocycles. The van der Waals surface area contributed by atoms with E-state index in [0.29, 0.717) is 6.04 Å². The van der Waals surface area contributed by atoms with Gasteiger partial charge in [0.25, 0.3) is 0 Å². The van der Waals surface area contributed by atoms with Gasteiger partial charge in [-0.15, -0.1) is 0 Å². The third-order valence-electron chi connectivity index (χ3n) is 3.18. The number of unbranched alkanes of at least 4 members (excludes halogenated alkanes) is 1. The Morgan fingerprint density at radius 2 is 2.10 bits per heavy atom. The minimum Gasteiger partial charge on any atom is -0.324 e. The highest BCUT2D eigenvalue weighted by atomic mass is 32.9. The Morgan fingerprint density at radius 1 is 1.40 bits per heavy atom. The summed E-state index contributed by atoms with van der Waals surface area (Å²) in [5.74, 6) is 1.06. The highest BCUT2D eigenvalue weighted by molar-refractivity contribution is 8.68. The summed E-state index contributed by atoms with van der Waals surface area (Å²) in [5, 5.41) is 3.31. The first-order valence-corrected chi connectivity index (χ1v) is 12.1. The molecule has 3 nitrogen and oxygen atoms in total. The molecule has 0 aliphatic heterocycles.